The van der Waals surface area contributed by atoms with Gasteiger partial charge >= 0.3 is 0 Å². The summed E-state index contributed by atoms with van der Waals surface area (Å²) in [4.78, 5) is 21.6. The van der Waals surface area contributed by atoms with Crippen molar-refractivity contribution < 1.29 is 14.3 Å². The maximum Gasteiger partial charge on any atom is 0.223 e. The molecule has 2 N–H and O–H groups in total. The molecule has 0 radical (unpaired) electrons. The van der Waals surface area contributed by atoms with E-state index in [1.165, 1.54) is 0 Å². The lowest BCUT2D eigenvalue weighted by Crippen LogP contribution is -2.26. The molecule has 0 spiro atoms. The smallest absolute Gasteiger partial charge is 0.223 e. The Morgan fingerprint density at radius 1 is 1.56 bits per heavy atom. The average molecular weight is 221 g/mol. The molecule has 0 heterocycles. The summed E-state index contributed by atoms with van der Waals surface area (Å²) in [6.07, 6.45) is 0.733. The van der Waals surface area contributed by atoms with Crippen LogP contribution in [0.1, 0.15) is 22.8 Å². The van der Waals surface area contributed by atoms with E-state index >= 15 is 0 Å². The van der Waals surface area contributed by atoms with Crippen molar-refractivity contribution in [3.8, 4) is 5.75 Å². The van der Waals surface area contributed by atoms with Gasteiger partial charge in [-0.05, 0) is 18.6 Å². The van der Waals surface area contributed by atoms with Crippen LogP contribution >= 0.6 is 0 Å². The minimum absolute atomic E-state index is 0.182. The molecule has 0 aliphatic rings. The Balaban J connectivity index is 2.80. The van der Waals surface area contributed by atoms with Crippen LogP contribution in [-0.2, 0) is 4.79 Å². The molecule has 4 heteroatoms. The number of benzene rings is 1. The Hall–Kier alpha value is -1.84. The molecule has 1 aromatic rings. The maximum absolute atomic E-state index is 10.8. The number of carbonyl (C=O) groups is 2. The third kappa shape index (κ3) is 2.82. The van der Waals surface area contributed by atoms with E-state index < -0.39 is 5.91 Å². The van der Waals surface area contributed by atoms with Gasteiger partial charge in [0.05, 0.1) is 18.1 Å². The number of hydrogen-bond acceptors (Lipinski definition) is 3. The molecule has 1 atom stereocenters. The van der Waals surface area contributed by atoms with Crippen LogP contribution in [-0.4, -0.2) is 18.8 Å². The fraction of sp³-hybridized carbons (Fsp3) is 0.333. The van der Waals surface area contributed by atoms with E-state index in [2.05, 4.69) is 0 Å². The zero-order valence-corrected chi connectivity index (χ0v) is 9.40. The Morgan fingerprint density at radius 2 is 2.25 bits per heavy atom. The number of rotatable bonds is 5. The minimum atomic E-state index is -0.416. The molecule has 0 aliphatic carbocycles. The summed E-state index contributed by atoms with van der Waals surface area (Å²) in [7, 11) is 0. The largest absolute Gasteiger partial charge is 0.492 e. The van der Waals surface area contributed by atoms with Gasteiger partial charge in [-0.15, -0.1) is 0 Å². The number of carbonyl (C=O) groups excluding carboxylic acids is 2. The average Bonchev–Trinajstić information content (AvgIpc) is 2.26. The van der Waals surface area contributed by atoms with Gasteiger partial charge < -0.3 is 10.5 Å². The predicted octanol–water partition coefficient (Wildman–Crippen LogP) is 1.31. The van der Waals surface area contributed by atoms with Gasteiger partial charge in [0.1, 0.15) is 5.75 Å². The summed E-state index contributed by atoms with van der Waals surface area (Å²) in [5, 5.41) is 0. The molecule has 1 aromatic carbocycles. The molecule has 0 fully saturated rings. The van der Waals surface area contributed by atoms with Crippen LogP contribution in [0.4, 0.5) is 0 Å². The summed E-state index contributed by atoms with van der Waals surface area (Å²) in [5.74, 6) is -0.272. The van der Waals surface area contributed by atoms with Gasteiger partial charge in [0, 0.05) is 0 Å². The summed E-state index contributed by atoms with van der Waals surface area (Å²) in [6.45, 7) is 3.71. The second kappa shape index (κ2) is 5.30. The first-order valence-electron chi connectivity index (χ1n) is 5.03. The fourth-order valence-corrected chi connectivity index (χ4v) is 1.26. The number of para-hydroxylation sites is 1. The molecule has 0 saturated carbocycles. The second-order valence-electron chi connectivity index (χ2n) is 3.73. The highest BCUT2D eigenvalue weighted by molar-refractivity contribution is 5.80. The molecule has 1 amide bonds. The van der Waals surface area contributed by atoms with Crippen molar-refractivity contribution in [1.29, 1.82) is 0 Å². The van der Waals surface area contributed by atoms with Gasteiger partial charge in [-0.3, -0.25) is 9.59 Å². The number of aldehydes is 1. The first-order chi connectivity index (χ1) is 7.56. The summed E-state index contributed by atoms with van der Waals surface area (Å²) >= 11 is 0. The van der Waals surface area contributed by atoms with Crippen LogP contribution in [0.25, 0.3) is 0 Å². The van der Waals surface area contributed by atoms with Gasteiger partial charge in [0.25, 0.3) is 0 Å². The van der Waals surface area contributed by atoms with Gasteiger partial charge in [0.15, 0.2) is 6.29 Å². The third-order valence-corrected chi connectivity index (χ3v) is 2.33. The van der Waals surface area contributed by atoms with Gasteiger partial charge in [-0.2, -0.15) is 0 Å². The molecule has 86 valence electrons. The van der Waals surface area contributed by atoms with E-state index in [4.69, 9.17) is 10.5 Å². The van der Waals surface area contributed by atoms with Crippen molar-refractivity contribution in [3.05, 3.63) is 29.3 Å². The van der Waals surface area contributed by atoms with E-state index in [0.29, 0.717) is 11.3 Å². The van der Waals surface area contributed by atoms with Crippen LogP contribution in [0, 0.1) is 12.8 Å². The highest BCUT2D eigenvalue weighted by Gasteiger charge is 2.12. The Bertz CT molecular complexity index is 401. The predicted molar refractivity (Wildman–Crippen MR) is 60.4 cm³/mol. The van der Waals surface area contributed by atoms with Crippen molar-refractivity contribution in [2.24, 2.45) is 11.7 Å². The molecule has 1 unspecified atom stereocenters. The van der Waals surface area contributed by atoms with Crippen molar-refractivity contribution in [2.75, 3.05) is 6.61 Å². The third-order valence-electron chi connectivity index (χ3n) is 2.33. The number of nitrogens with two attached hydrogens (primary N) is 1. The van der Waals surface area contributed by atoms with Crippen molar-refractivity contribution in [2.45, 2.75) is 13.8 Å². The van der Waals surface area contributed by atoms with Crippen molar-refractivity contribution in [1.82, 2.24) is 0 Å². The molecule has 0 bridgehead atoms. The Kier molecular flexibility index (Phi) is 4.05. The maximum atomic E-state index is 10.8. The molecule has 0 saturated heterocycles. The molecule has 1 rings (SSSR count). The lowest BCUT2D eigenvalue weighted by molar-refractivity contribution is -0.122. The standard InChI is InChI=1S/C12H15NO3/c1-8-4-3-5-10(6-14)11(8)16-7-9(2)12(13)15/h3-6,9H,7H2,1-2H3,(H2,13,15). The zero-order valence-electron chi connectivity index (χ0n) is 9.40. The number of primary amides is 1. The van der Waals surface area contributed by atoms with E-state index in [1.807, 2.05) is 13.0 Å². The lowest BCUT2D eigenvalue weighted by atomic mass is 10.1. The Labute approximate surface area is 94.4 Å². The monoisotopic (exact) mass is 221 g/mol. The highest BCUT2D eigenvalue weighted by atomic mass is 16.5. The molecular formula is C12H15NO3. The molecule has 0 aromatic heterocycles. The van der Waals surface area contributed by atoms with Crippen LogP contribution < -0.4 is 10.5 Å². The Morgan fingerprint density at radius 3 is 2.81 bits per heavy atom. The molecular weight excluding hydrogens is 206 g/mol. The lowest BCUT2D eigenvalue weighted by Gasteiger charge is -2.13. The highest BCUT2D eigenvalue weighted by Crippen LogP contribution is 2.22. The fourth-order valence-electron chi connectivity index (χ4n) is 1.26. The van der Waals surface area contributed by atoms with Crippen LogP contribution in [0.15, 0.2) is 18.2 Å². The van der Waals surface area contributed by atoms with E-state index in [0.717, 1.165) is 11.8 Å². The first kappa shape index (κ1) is 12.2. The van der Waals surface area contributed by atoms with Gasteiger partial charge in [0.2, 0.25) is 5.91 Å². The van der Waals surface area contributed by atoms with E-state index in [1.54, 1.807) is 19.1 Å². The van der Waals surface area contributed by atoms with E-state index in [-0.39, 0.29) is 12.5 Å². The number of ether oxygens (including phenoxy) is 1. The SMILES string of the molecule is Cc1cccc(C=O)c1OCC(C)C(N)=O. The number of amides is 1. The molecule has 4 nitrogen and oxygen atoms in total. The second-order valence-corrected chi connectivity index (χ2v) is 3.73. The van der Waals surface area contributed by atoms with Gasteiger partial charge in [-0.1, -0.05) is 19.1 Å². The van der Waals surface area contributed by atoms with Gasteiger partial charge in [-0.25, -0.2) is 0 Å². The number of hydrogen-bond donors (Lipinski definition) is 1. The van der Waals surface area contributed by atoms with Crippen molar-refractivity contribution in [3.63, 3.8) is 0 Å². The topological polar surface area (TPSA) is 69.4 Å². The van der Waals surface area contributed by atoms with Crippen LogP contribution in [0.3, 0.4) is 0 Å². The zero-order chi connectivity index (χ0) is 12.1. The number of aryl methyl sites for hydroxylation is 1. The van der Waals surface area contributed by atoms with Crippen molar-refractivity contribution >= 4 is 12.2 Å². The first-order valence-corrected chi connectivity index (χ1v) is 5.03. The van der Waals surface area contributed by atoms with E-state index in [9.17, 15) is 9.59 Å². The quantitative estimate of drug-likeness (QED) is 0.762. The molecule has 0 aliphatic heterocycles. The summed E-state index contributed by atoms with van der Waals surface area (Å²) in [5.41, 5.74) is 6.47. The van der Waals surface area contributed by atoms with Crippen LogP contribution in [0.5, 0.6) is 5.75 Å². The normalized spacial score (nSPS) is 11.9. The summed E-state index contributed by atoms with van der Waals surface area (Å²) in [6, 6.07) is 5.30. The molecule has 16 heavy (non-hydrogen) atoms. The summed E-state index contributed by atoms with van der Waals surface area (Å²) < 4.78 is 5.45. The minimum Gasteiger partial charge on any atom is -0.492 e. The van der Waals surface area contributed by atoms with Crippen LogP contribution in [0.2, 0.25) is 0 Å².